The molecule has 16 nitrogen and oxygen atoms in total. The van der Waals surface area contributed by atoms with Gasteiger partial charge < -0.3 is 74.4 Å². The van der Waals surface area contributed by atoms with Crippen molar-refractivity contribution in [3.05, 3.63) is 30.3 Å². The quantitative estimate of drug-likeness (QED) is 0.138. The first-order chi connectivity index (χ1) is 21.0. The first-order valence-corrected chi connectivity index (χ1v) is 13.4. The van der Waals surface area contributed by atoms with Gasteiger partial charge in [0.1, 0.15) is 53.5 Å². The largest absolute Gasteiger partial charge is 0.507 e. The minimum atomic E-state index is -1.80. The Hall–Kier alpha value is -3.71. The van der Waals surface area contributed by atoms with Crippen LogP contribution in [0, 0.1) is 0 Å². The van der Waals surface area contributed by atoms with E-state index in [4.69, 9.17) is 32.8 Å². The van der Waals surface area contributed by atoms with Gasteiger partial charge in [0.05, 0.1) is 39.1 Å². The Morgan fingerprint density at radius 3 is 2.14 bits per heavy atom. The molecule has 0 aliphatic carbocycles. The Morgan fingerprint density at radius 2 is 1.50 bits per heavy atom. The average Bonchev–Trinajstić information content (AvgIpc) is 3.00. The summed E-state index contributed by atoms with van der Waals surface area (Å²) in [6.45, 7) is -1.18. The van der Waals surface area contributed by atoms with Crippen molar-refractivity contribution in [1.29, 1.82) is 0 Å². The summed E-state index contributed by atoms with van der Waals surface area (Å²) < 4.78 is 39.4. The molecule has 9 atom stereocenters. The molecular formula is C28H33O16+. The molecule has 0 bridgehead atoms. The van der Waals surface area contributed by atoms with E-state index in [0.717, 1.165) is 6.07 Å². The monoisotopic (exact) mass is 625 g/mol. The van der Waals surface area contributed by atoms with E-state index in [9.17, 15) is 46.0 Å². The highest BCUT2D eigenvalue weighted by Crippen LogP contribution is 2.45. The third-order valence-corrected chi connectivity index (χ3v) is 7.37. The zero-order valence-electron chi connectivity index (χ0n) is 23.4. The molecule has 0 saturated carbocycles. The van der Waals surface area contributed by atoms with Crippen molar-refractivity contribution in [2.75, 3.05) is 27.4 Å². The molecule has 5 rings (SSSR count). The summed E-state index contributed by atoms with van der Waals surface area (Å²) >= 11 is 0. The Bertz CT molecular complexity index is 1460. The molecule has 3 aromatic rings. The van der Waals surface area contributed by atoms with Crippen molar-refractivity contribution in [2.45, 2.75) is 55.3 Å². The summed E-state index contributed by atoms with van der Waals surface area (Å²) in [5.74, 6) is -1.32. The molecule has 2 saturated heterocycles. The molecule has 1 aromatic heterocycles. The highest BCUT2D eigenvalue weighted by molar-refractivity contribution is 5.88. The topological polar surface area (TPSA) is 249 Å². The molecule has 0 radical (unpaired) electrons. The Kier molecular flexibility index (Phi) is 9.17. The molecule has 3 unspecified atom stereocenters. The van der Waals surface area contributed by atoms with E-state index in [0.29, 0.717) is 0 Å². The normalized spacial score (nSPS) is 30.7. The lowest BCUT2D eigenvalue weighted by Crippen LogP contribution is -2.63. The minimum absolute atomic E-state index is 0.00295. The van der Waals surface area contributed by atoms with Crippen molar-refractivity contribution in [3.8, 4) is 45.8 Å². The molecule has 2 aromatic carbocycles. The summed E-state index contributed by atoms with van der Waals surface area (Å²) in [7, 11) is 2.61. The van der Waals surface area contributed by atoms with Crippen molar-refractivity contribution >= 4 is 11.0 Å². The highest BCUT2D eigenvalue weighted by Gasteiger charge is 2.50. The molecule has 2 aliphatic rings. The van der Waals surface area contributed by atoms with Crippen LogP contribution in [0.2, 0.25) is 0 Å². The van der Waals surface area contributed by atoms with Gasteiger partial charge in [-0.05, 0) is 0 Å². The highest BCUT2D eigenvalue weighted by atomic mass is 16.8. The van der Waals surface area contributed by atoms with Gasteiger partial charge in [0.25, 0.3) is 0 Å². The van der Waals surface area contributed by atoms with Crippen LogP contribution in [-0.2, 0) is 14.2 Å². The zero-order valence-corrected chi connectivity index (χ0v) is 23.4. The molecule has 44 heavy (non-hydrogen) atoms. The maximum absolute atomic E-state index is 11.0. The number of phenols is 3. The maximum atomic E-state index is 11.0. The Balaban J connectivity index is 1.61. The van der Waals surface area contributed by atoms with E-state index in [1.807, 2.05) is 0 Å². The summed E-state index contributed by atoms with van der Waals surface area (Å²) in [5.41, 5.74) is 0.204. The third kappa shape index (κ3) is 5.86. The number of methoxy groups -OCH3 is 2. The van der Waals surface area contributed by atoms with Gasteiger partial charge in [-0.2, -0.15) is 0 Å². The molecule has 0 spiro atoms. The van der Waals surface area contributed by atoms with E-state index in [2.05, 4.69) is 0 Å². The molecule has 2 aliphatic heterocycles. The lowest BCUT2D eigenvalue weighted by atomic mass is 9.98. The first-order valence-electron chi connectivity index (χ1n) is 13.4. The number of aliphatic hydroxyl groups is 6. The van der Waals surface area contributed by atoms with Crippen LogP contribution in [0.4, 0.5) is 0 Å². The van der Waals surface area contributed by atoms with Crippen LogP contribution in [0.1, 0.15) is 0 Å². The third-order valence-electron chi connectivity index (χ3n) is 7.37. The smallest absolute Gasteiger partial charge is 0.402 e. The summed E-state index contributed by atoms with van der Waals surface area (Å²) in [5, 5.41) is 92.8. The predicted octanol–water partition coefficient (Wildman–Crippen LogP) is -0.843. The molecule has 2 fully saturated rings. The van der Waals surface area contributed by atoms with Crippen LogP contribution in [0.25, 0.3) is 22.3 Å². The van der Waals surface area contributed by atoms with E-state index >= 15 is 0 Å². The standard InChI is InChI=1S/C28H32O16/c1-38-16-3-10(4-17(39-2)21(16)34)25-18(7-12-13(31)5-11(30)6-15(12)41-25)42-28-26(23(36)22(35)19(8-29)43-28)44-27-24(37)20(33)14(32)9-40-27/h3-7,14,19-20,22-24,26-29,32-33,35-37H,8-9H2,1-2H3,(H2-,30,31,34)/p+1/t14-,19?,20+,22-,23+,24?,26?,27+,28-/m1/s1. The van der Waals surface area contributed by atoms with E-state index in [1.54, 1.807) is 0 Å². The van der Waals surface area contributed by atoms with Crippen LogP contribution in [0.5, 0.6) is 34.5 Å². The summed E-state index contributed by atoms with van der Waals surface area (Å²) in [4.78, 5) is 0. The van der Waals surface area contributed by atoms with Gasteiger partial charge in [-0.15, -0.1) is 0 Å². The second kappa shape index (κ2) is 12.7. The van der Waals surface area contributed by atoms with Crippen LogP contribution in [0.3, 0.4) is 0 Å². The van der Waals surface area contributed by atoms with E-state index in [1.165, 1.54) is 38.5 Å². The lowest BCUT2D eigenvalue weighted by Gasteiger charge is -2.44. The van der Waals surface area contributed by atoms with Gasteiger partial charge in [-0.1, -0.05) is 0 Å². The zero-order chi connectivity index (χ0) is 31.9. The van der Waals surface area contributed by atoms with Gasteiger partial charge in [-0.25, -0.2) is 4.42 Å². The molecule has 16 heteroatoms. The molecule has 9 N–H and O–H groups in total. The average molecular weight is 626 g/mol. The van der Waals surface area contributed by atoms with Gasteiger partial charge in [0, 0.05) is 24.3 Å². The van der Waals surface area contributed by atoms with Crippen molar-refractivity contribution in [2.24, 2.45) is 0 Å². The van der Waals surface area contributed by atoms with Crippen LogP contribution in [-0.4, -0.2) is 129 Å². The van der Waals surface area contributed by atoms with Crippen molar-refractivity contribution < 1.29 is 78.8 Å². The predicted molar refractivity (Wildman–Crippen MR) is 145 cm³/mol. The summed E-state index contributed by atoms with van der Waals surface area (Å²) in [6, 6.07) is 6.35. The molecule has 0 amide bonds. The van der Waals surface area contributed by atoms with Gasteiger partial charge in [0.2, 0.25) is 17.8 Å². The minimum Gasteiger partial charge on any atom is -0.507 e. The fourth-order valence-corrected chi connectivity index (χ4v) is 4.97. The van der Waals surface area contributed by atoms with E-state index in [-0.39, 0.29) is 51.0 Å². The van der Waals surface area contributed by atoms with Gasteiger partial charge >= 0.3 is 11.3 Å². The number of hydrogen-bond donors (Lipinski definition) is 9. The maximum Gasteiger partial charge on any atom is 0.402 e. The number of aliphatic hydroxyl groups excluding tert-OH is 6. The SMILES string of the molecule is COc1cc(-c2[o+]c3cc(O)cc(O)c3cc2O[C@@H]2OC(CO)[C@@H](O)[C@H](O)C2O[C@@H]2OC[C@@H](O)[C@H](O)C2O)cc(OC)c1O. The first kappa shape index (κ1) is 31.7. The number of benzene rings is 2. The van der Waals surface area contributed by atoms with Crippen LogP contribution >= 0.6 is 0 Å². The number of fused-ring (bicyclic) bond motifs is 1. The van der Waals surface area contributed by atoms with Crippen LogP contribution in [0.15, 0.2) is 34.7 Å². The van der Waals surface area contributed by atoms with Crippen LogP contribution < -0.4 is 14.2 Å². The lowest BCUT2D eigenvalue weighted by molar-refractivity contribution is -0.344. The number of phenolic OH excluding ortho intramolecular Hbond substituents is 3. The molecule has 240 valence electrons. The van der Waals surface area contributed by atoms with Crippen molar-refractivity contribution in [3.63, 3.8) is 0 Å². The van der Waals surface area contributed by atoms with E-state index < -0.39 is 74.3 Å². The second-order valence-corrected chi connectivity index (χ2v) is 10.2. The summed E-state index contributed by atoms with van der Waals surface area (Å²) in [6.07, 6.45) is -14.6. The van der Waals surface area contributed by atoms with Gasteiger partial charge in [0.15, 0.2) is 23.9 Å². The number of rotatable bonds is 8. The number of hydrogen-bond acceptors (Lipinski definition) is 15. The Labute approximate surface area is 249 Å². The Morgan fingerprint density at radius 1 is 0.818 bits per heavy atom. The second-order valence-electron chi connectivity index (χ2n) is 10.2. The molecular weight excluding hydrogens is 592 g/mol. The van der Waals surface area contributed by atoms with Crippen molar-refractivity contribution in [1.82, 2.24) is 0 Å². The fraction of sp³-hybridized carbons (Fsp3) is 0.464. The molecule has 3 heterocycles. The number of aromatic hydroxyl groups is 3. The number of ether oxygens (including phenoxy) is 6. The fourth-order valence-electron chi connectivity index (χ4n) is 4.97. The van der Waals surface area contributed by atoms with Gasteiger partial charge in [-0.3, -0.25) is 0 Å².